The van der Waals surface area contributed by atoms with Gasteiger partial charge in [0, 0.05) is 11.6 Å². The Bertz CT molecular complexity index is 1030. The van der Waals surface area contributed by atoms with Gasteiger partial charge in [-0.05, 0) is 42.0 Å². The van der Waals surface area contributed by atoms with E-state index in [0.29, 0.717) is 27.2 Å². The molecule has 0 aliphatic carbocycles. The van der Waals surface area contributed by atoms with Gasteiger partial charge in [-0.15, -0.1) is 0 Å². The van der Waals surface area contributed by atoms with E-state index in [4.69, 9.17) is 16.3 Å². The van der Waals surface area contributed by atoms with E-state index in [2.05, 4.69) is 15.0 Å². The van der Waals surface area contributed by atoms with Gasteiger partial charge >= 0.3 is 5.97 Å². The largest absolute Gasteiger partial charge is 0.481 e. The van der Waals surface area contributed by atoms with E-state index in [1.807, 2.05) is 0 Å². The normalized spacial score (nSPS) is 11.7. The van der Waals surface area contributed by atoms with Gasteiger partial charge in [0.05, 0.1) is 24.6 Å². The third-order valence-corrected chi connectivity index (χ3v) is 4.57. The zero-order valence-corrected chi connectivity index (χ0v) is 16.3. The number of benzene rings is 2. The molecule has 0 saturated carbocycles. The van der Waals surface area contributed by atoms with E-state index >= 15 is 0 Å². The van der Waals surface area contributed by atoms with Crippen LogP contribution in [-0.4, -0.2) is 30.6 Å². The van der Waals surface area contributed by atoms with Crippen molar-refractivity contribution < 1.29 is 23.5 Å². The monoisotopic (exact) mass is 416 g/mol. The highest BCUT2D eigenvalue weighted by Gasteiger charge is 2.20. The van der Waals surface area contributed by atoms with Crippen LogP contribution in [0, 0.1) is 5.82 Å². The lowest BCUT2D eigenvalue weighted by molar-refractivity contribution is -0.141. The Balaban J connectivity index is 1.71. The van der Waals surface area contributed by atoms with Crippen molar-refractivity contribution in [3.63, 3.8) is 0 Å². The van der Waals surface area contributed by atoms with E-state index in [-0.39, 0.29) is 13.0 Å². The number of amides is 1. The number of methoxy groups -OCH3 is 1. The summed E-state index contributed by atoms with van der Waals surface area (Å²) in [4.78, 5) is 28.4. The number of aromatic nitrogens is 1. The number of nitrogens with one attached hydrogen (secondary N) is 1. The van der Waals surface area contributed by atoms with E-state index in [1.165, 1.54) is 31.4 Å². The fraction of sp³-hybridized carbons (Fsp3) is 0.190. The second-order valence-corrected chi connectivity index (χ2v) is 6.59. The summed E-state index contributed by atoms with van der Waals surface area (Å²) in [5.74, 6) is -0.968. The molecule has 0 aliphatic rings. The van der Waals surface area contributed by atoms with Gasteiger partial charge in [0.25, 0.3) is 5.91 Å². The van der Waals surface area contributed by atoms with Gasteiger partial charge in [-0.1, -0.05) is 23.7 Å². The average Bonchev–Trinajstić information content (AvgIpc) is 2.73. The summed E-state index contributed by atoms with van der Waals surface area (Å²) >= 11 is 6.16. The Kier molecular flexibility index (Phi) is 6.61. The molecule has 1 atom stereocenters. The third kappa shape index (κ3) is 5.20. The molecule has 1 aromatic heterocycles. The molecular weight excluding hydrogens is 399 g/mol. The number of ether oxygens (including phenoxy) is 2. The van der Waals surface area contributed by atoms with E-state index in [9.17, 15) is 14.0 Å². The molecule has 0 aliphatic heterocycles. The summed E-state index contributed by atoms with van der Waals surface area (Å²) in [6, 6.07) is 11.7. The second-order valence-electron chi connectivity index (χ2n) is 6.19. The molecule has 1 amide bonds. The summed E-state index contributed by atoms with van der Waals surface area (Å²) < 4.78 is 23.5. The van der Waals surface area contributed by atoms with Crippen molar-refractivity contribution >= 4 is 34.4 Å². The van der Waals surface area contributed by atoms with Crippen LogP contribution in [0.3, 0.4) is 0 Å². The molecule has 1 unspecified atom stereocenters. The molecule has 0 bridgehead atoms. The van der Waals surface area contributed by atoms with E-state index < -0.39 is 23.7 Å². The van der Waals surface area contributed by atoms with Crippen LogP contribution in [0.5, 0.6) is 5.75 Å². The maximum Gasteiger partial charge on any atom is 0.307 e. The number of carbonyl (C=O) groups excluding carboxylic acids is 2. The topological polar surface area (TPSA) is 77.5 Å². The molecule has 6 nitrogen and oxygen atoms in total. The molecule has 0 spiro atoms. The molecule has 29 heavy (non-hydrogen) atoms. The van der Waals surface area contributed by atoms with Crippen molar-refractivity contribution in [2.24, 2.45) is 0 Å². The number of hydrogen-bond donors (Lipinski definition) is 1. The Labute approximate surface area is 171 Å². The fourth-order valence-electron chi connectivity index (χ4n) is 2.81. The second kappa shape index (κ2) is 9.34. The van der Waals surface area contributed by atoms with Crippen LogP contribution >= 0.6 is 11.6 Å². The summed E-state index contributed by atoms with van der Waals surface area (Å²) in [5.41, 5.74) is 1.11. The third-order valence-electron chi connectivity index (χ3n) is 4.24. The highest BCUT2D eigenvalue weighted by molar-refractivity contribution is 6.35. The number of nitrogens with zero attached hydrogens (tertiary/aromatic N) is 1. The lowest BCUT2D eigenvalue weighted by Gasteiger charge is -2.18. The maximum absolute atomic E-state index is 13.2. The molecule has 2 aromatic carbocycles. The summed E-state index contributed by atoms with van der Waals surface area (Å²) in [5, 5.41) is 3.95. The van der Waals surface area contributed by atoms with Crippen LogP contribution in [-0.2, 0) is 14.3 Å². The van der Waals surface area contributed by atoms with Crippen LogP contribution < -0.4 is 10.1 Å². The lowest BCUT2D eigenvalue weighted by Crippen LogP contribution is -2.34. The van der Waals surface area contributed by atoms with Crippen LogP contribution in [0.1, 0.15) is 18.0 Å². The van der Waals surface area contributed by atoms with Crippen LogP contribution in [0.2, 0.25) is 5.02 Å². The predicted molar refractivity (Wildman–Crippen MR) is 106 cm³/mol. The predicted octanol–water partition coefficient (Wildman–Crippen LogP) is 3.83. The van der Waals surface area contributed by atoms with Gasteiger partial charge in [-0.25, -0.2) is 4.39 Å². The minimum absolute atomic E-state index is 0.0979. The average molecular weight is 417 g/mol. The van der Waals surface area contributed by atoms with Crippen molar-refractivity contribution in [2.75, 3.05) is 13.7 Å². The lowest BCUT2D eigenvalue weighted by atomic mass is 10.0. The molecule has 0 saturated heterocycles. The van der Waals surface area contributed by atoms with E-state index in [1.54, 1.807) is 30.5 Å². The first-order chi connectivity index (χ1) is 14.0. The first-order valence-electron chi connectivity index (χ1n) is 8.75. The van der Waals surface area contributed by atoms with Crippen LogP contribution in [0.4, 0.5) is 4.39 Å². The fourth-order valence-corrected chi connectivity index (χ4v) is 3.02. The molecule has 150 valence electrons. The van der Waals surface area contributed by atoms with Gasteiger partial charge in [-0.2, -0.15) is 0 Å². The molecular formula is C21H18ClFN2O4. The molecule has 1 N–H and O–H groups in total. The number of esters is 1. The first-order valence-corrected chi connectivity index (χ1v) is 9.13. The highest BCUT2D eigenvalue weighted by Crippen LogP contribution is 2.29. The number of halogens is 2. The Hall–Kier alpha value is -3.19. The van der Waals surface area contributed by atoms with Crippen molar-refractivity contribution in [1.82, 2.24) is 10.3 Å². The van der Waals surface area contributed by atoms with Crippen LogP contribution in [0.25, 0.3) is 10.9 Å². The molecule has 8 heteroatoms. The van der Waals surface area contributed by atoms with Gasteiger partial charge in [0.2, 0.25) is 0 Å². The van der Waals surface area contributed by atoms with Gasteiger partial charge in [-0.3, -0.25) is 14.6 Å². The number of hydrogen-bond acceptors (Lipinski definition) is 5. The quantitative estimate of drug-likeness (QED) is 0.592. The number of fused-ring (bicyclic) bond motifs is 1. The maximum atomic E-state index is 13.2. The minimum atomic E-state index is -0.681. The van der Waals surface area contributed by atoms with Crippen molar-refractivity contribution in [3.05, 3.63) is 71.1 Å². The van der Waals surface area contributed by atoms with Crippen molar-refractivity contribution in [2.45, 2.75) is 12.5 Å². The van der Waals surface area contributed by atoms with Gasteiger partial charge in [0.15, 0.2) is 6.61 Å². The number of carbonyl (C=O) groups is 2. The Morgan fingerprint density at radius 1 is 1.17 bits per heavy atom. The number of pyridine rings is 1. The Morgan fingerprint density at radius 3 is 2.66 bits per heavy atom. The summed E-state index contributed by atoms with van der Waals surface area (Å²) in [6.45, 7) is -0.299. The number of rotatable bonds is 7. The Morgan fingerprint density at radius 2 is 1.93 bits per heavy atom. The SMILES string of the molecule is COC(=O)CC(NC(=O)COc1ccc(Cl)c2cccnc12)c1ccc(F)cc1. The zero-order valence-electron chi connectivity index (χ0n) is 15.5. The van der Waals surface area contributed by atoms with Crippen molar-refractivity contribution in [1.29, 1.82) is 0 Å². The summed E-state index contributed by atoms with van der Waals surface area (Å²) in [6.07, 6.45) is 1.51. The molecule has 3 aromatic rings. The van der Waals surface area contributed by atoms with Gasteiger partial charge in [0.1, 0.15) is 17.1 Å². The molecule has 1 heterocycles. The minimum Gasteiger partial charge on any atom is -0.481 e. The van der Waals surface area contributed by atoms with Crippen molar-refractivity contribution in [3.8, 4) is 5.75 Å². The first kappa shape index (κ1) is 20.5. The van der Waals surface area contributed by atoms with Crippen LogP contribution in [0.15, 0.2) is 54.7 Å². The molecule has 0 fully saturated rings. The van der Waals surface area contributed by atoms with Gasteiger partial charge < -0.3 is 14.8 Å². The van der Waals surface area contributed by atoms with E-state index in [0.717, 1.165) is 0 Å². The highest BCUT2D eigenvalue weighted by atomic mass is 35.5. The molecule has 3 rings (SSSR count). The standard InChI is InChI=1S/C21H18ClFN2O4/c1-28-20(27)11-17(13-4-6-14(23)7-5-13)25-19(26)12-29-18-9-8-16(22)15-3-2-10-24-21(15)18/h2-10,17H,11-12H2,1H3,(H,25,26). The molecule has 0 radical (unpaired) electrons. The summed E-state index contributed by atoms with van der Waals surface area (Å²) in [7, 11) is 1.26. The smallest absolute Gasteiger partial charge is 0.307 e. The zero-order chi connectivity index (χ0) is 20.8.